The van der Waals surface area contributed by atoms with Crippen LogP contribution in [-0.2, 0) is 6.42 Å². The van der Waals surface area contributed by atoms with Crippen LogP contribution in [0.4, 0.5) is 5.95 Å². The Kier molecular flexibility index (Phi) is 4.13. The van der Waals surface area contributed by atoms with Gasteiger partial charge in [-0.25, -0.2) is 9.97 Å². The van der Waals surface area contributed by atoms with E-state index in [9.17, 15) is 0 Å². The zero-order valence-electron chi connectivity index (χ0n) is 11.3. The van der Waals surface area contributed by atoms with Gasteiger partial charge in [-0.1, -0.05) is 6.07 Å². The monoisotopic (exact) mass is 272 g/mol. The minimum atomic E-state index is 0.284. The van der Waals surface area contributed by atoms with Crippen LogP contribution in [0.1, 0.15) is 23.2 Å². The van der Waals surface area contributed by atoms with Crippen molar-refractivity contribution in [3.63, 3.8) is 0 Å². The van der Waals surface area contributed by atoms with Crippen molar-refractivity contribution < 1.29 is 0 Å². The highest BCUT2D eigenvalue weighted by Crippen LogP contribution is 2.17. The number of nitrogens with zero attached hydrogens (tertiary/aromatic N) is 4. The number of rotatable bonds is 4. The van der Waals surface area contributed by atoms with Crippen LogP contribution < -0.4 is 4.90 Å². The van der Waals surface area contributed by atoms with Gasteiger partial charge in [-0.15, -0.1) is 11.3 Å². The molecule has 2 heterocycles. The first-order valence-electron chi connectivity index (χ1n) is 6.11. The van der Waals surface area contributed by atoms with Gasteiger partial charge in [0.2, 0.25) is 5.95 Å². The average molecular weight is 272 g/mol. The summed E-state index contributed by atoms with van der Waals surface area (Å²) < 4.78 is 0. The second-order valence-corrected chi connectivity index (χ2v) is 5.58. The van der Waals surface area contributed by atoms with Gasteiger partial charge in [0, 0.05) is 30.1 Å². The van der Waals surface area contributed by atoms with Crippen molar-refractivity contribution in [1.29, 1.82) is 5.26 Å². The van der Waals surface area contributed by atoms with E-state index in [-0.39, 0.29) is 6.04 Å². The molecule has 0 N–H and O–H groups in total. The molecule has 1 atom stereocenters. The lowest BCUT2D eigenvalue weighted by Crippen LogP contribution is -2.32. The number of aryl methyl sites for hydroxylation is 1. The van der Waals surface area contributed by atoms with E-state index in [1.165, 1.54) is 4.88 Å². The Morgan fingerprint density at radius 1 is 1.47 bits per heavy atom. The van der Waals surface area contributed by atoms with Gasteiger partial charge in [-0.3, -0.25) is 0 Å². The summed E-state index contributed by atoms with van der Waals surface area (Å²) in [6, 6.07) is 8.24. The van der Waals surface area contributed by atoms with Crippen molar-refractivity contribution in [2.75, 3.05) is 11.9 Å². The molecule has 2 aromatic heterocycles. The van der Waals surface area contributed by atoms with Crippen LogP contribution in [0.15, 0.2) is 23.6 Å². The molecule has 0 radical (unpaired) electrons. The third-order valence-electron chi connectivity index (χ3n) is 3.01. The quantitative estimate of drug-likeness (QED) is 0.858. The van der Waals surface area contributed by atoms with Crippen molar-refractivity contribution in [3.8, 4) is 6.07 Å². The molecule has 19 heavy (non-hydrogen) atoms. The lowest BCUT2D eigenvalue weighted by Gasteiger charge is -2.24. The van der Waals surface area contributed by atoms with Crippen molar-refractivity contribution in [2.45, 2.75) is 26.3 Å². The van der Waals surface area contributed by atoms with Gasteiger partial charge in [0.1, 0.15) is 11.8 Å². The normalized spacial score (nSPS) is 11.9. The summed E-state index contributed by atoms with van der Waals surface area (Å²) in [5, 5.41) is 11.0. The van der Waals surface area contributed by atoms with Gasteiger partial charge in [0.15, 0.2) is 0 Å². The van der Waals surface area contributed by atoms with E-state index >= 15 is 0 Å². The maximum absolute atomic E-state index is 8.96. The Hall–Kier alpha value is -1.93. The predicted molar refractivity (Wildman–Crippen MR) is 77.4 cm³/mol. The number of thiophene rings is 1. The summed E-state index contributed by atoms with van der Waals surface area (Å²) >= 11 is 1.75. The fourth-order valence-corrected chi connectivity index (χ4v) is 2.65. The van der Waals surface area contributed by atoms with E-state index < -0.39 is 0 Å². The van der Waals surface area contributed by atoms with Crippen LogP contribution >= 0.6 is 11.3 Å². The van der Waals surface area contributed by atoms with E-state index in [1.54, 1.807) is 17.4 Å². The highest BCUT2D eigenvalue weighted by atomic mass is 32.1. The summed E-state index contributed by atoms with van der Waals surface area (Å²) in [5.41, 5.74) is 1.23. The summed E-state index contributed by atoms with van der Waals surface area (Å²) in [6.45, 7) is 4.02. The zero-order valence-corrected chi connectivity index (χ0v) is 12.1. The fourth-order valence-electron chi connectivity index (χ4n) is 1.82. The molecule has 4 nitrogen and oxygen atoms in total. The SMILES string of the molecule is Cc1cc(C#N)nc(N(C)C(C)Cc2cccs2)n1. The van der Waals surface area contributed by atoms with Gasteiger partial charge in [-0.2, -0.15) is 5.26 Å². The summed E-state index contributed by atoms with van der Waals surface area (Å²) in [7, 11) is 1.97. The third-order valence-corrected chi connectivity index (χ3v) is 3.91. The number of nitriles is 1. The molecule has 0 bridgehead atoms. The first-order chi connectivity index (χ1) is 9.10. The minimum absolute atomic E-state index is 0.284. The Balaban J connectivity index is 2.17. The summed E-state index contributed by atoms with van der Waals surface area (Å²) in [6.07, 6.45) is 0.952. The molecule has 0 aliphatic carbocycles. The molecule has 2 rings (SSSR count). The van der Waals surface area contributed by atoms with Crippen LogP contribution in [0, 0.1) is 18.3 Å². The molecular weight excluding hydrogens is 256 g/mol. The molecule has 0 aliphatic rings. The van der Waals surface area contributed by atoms with Crippen molar-refractivity contribution in [3.05, 3.63) is 39.8 Å². The Morgan fingerprint density at radius 3 is 2.89 bits per heavy atom. The molecular formula is C14H16N4S. The van der Waals surface area contributed by atoms with Gasteiger partial charge in [0.05, 0.1) is 0 Å². The van der Waals surface area contributed by atoms with E-state index in [1.807, 2.05) is 18.9 Å². The summed E-state index contributed by atoms with van der Waals surface area (Å²) in [4.78, 5) is 12.0. The van der Waals surface area contributed by atoms with E-state index in [4.69, 9.17) is 5.26 Å². The van der Waals surface area contributed by atoms with Crippen molar-refractivity contribution >= 4 is 17.3 Å². The lowest BCUT2D eigenvalue weighted by molar-refractivity contribution is 0.668. The maximum atomic E-state index is 8.96. The topological polar surface area (TPSA) is 52.8 Å². The molecule has 1 unspecified atom stereocenters. The number of hydrogen-bond acceptors (Lipinski definition) is 5. The fraction of sp³-hybridized carbons (Fsp3) is 0.357. The predicted octanol–water partition coefficient (Wildman–Crippen LogP) is 2.79. The van der Waals surface area contributed by atoms with E-state index in [0.29, 0.717) is 11.6 Å². The maximum Gasteiger partial charge on any atom is 0.226 e. The molecule has 0 aromatic carbocycles. The first kappa shape index (κ1) is 13.5. The smallest absolute Gasteiger partial charge is 0.226 e. The number of aromatic nitrogens is 2. The van der Waals surface area contributed by atoms with Gasteiger partial charge in [0.25, 0.3) is 0 Å². The zero-order chi connectivity index (χ0) is 13.8. The molecule has 0 aliphatic heterocycles. The molecule has 0 saturated carbocycles. The van der Waals surface area contributed by atoms with Crippen LogP contribution in [-0.4, -0.2) is 23.1 Å². The number of hydrogen-bond donors (Lipinski definition) is 0. The molecule has 0 fully saturated rings. The first-order valence-corrected chi connectivity index (χ1v) is 6.99. The largest absolute Gasteiger partial charge is 0.341 e. The second-order valence-electron chi connectivity index (χ2n) is 4.55. The van der Waals surface area contributed by atoms with Crippen LogP contribution in [0.3, 0.4) is 0 Å². The van der Waals surface area contributed by atoms with Crippen molar-refractivity contribution in [1.82, 2.24) is 9.97 Å². The van der Waals surface area contributed by atoms with Crippen LogP contribution in [0.25, 0.3) is 0 Å². The average Bonchev–Trinajstić information content (AvgIpc) is 2.89. The molecule has 98 valence electrons. The number of likely N-dealkylation sites (N-methyl/N-ethyl adjacent to an activating group) is 1. The molecule has 2 aromatic rings. The Labute approximate surface area is 117 Å². The molecule has 5 heteroatoms. The lowest BCUT2D eigenvalue weighted by atomic mass is 10.2. The molecule has 0 amide bonds. The Bertz CT molecular complexity index is 586. The molecule has 0 spiro atoms. The summed E-state index contributed by atoms with van der Waals surface area (Å²) in [5.74, 6) is 0.612. The van der Waals surface area contributed by atoms with E-state index in [0.717, 1.165) is 12.1 Å². The number of anilines is 1. The minimum Gasteiger partial charge on any atom is -0.341 e. The third kappa shape index (κ3) is 3.30. The van der Waals surface area contributed by atoms with Gasteiger partial charge in [-0.05, 0) is 31.4 Å². The van der Waals surface area contributed by atoms with Gasteiger partial charge < -0.3 is 4.90 Å². The molecule has 0 saturated heterocycles. The van der Waals surface area contributed by atoms with E-state index in [2.05, 4.69) is 40.5 Å². The van der Waals surface area contributed by atoms with Crippen LogP contribution in [0.2, 0.25) is 0 Å². The van der Waals surface area contributed by atoms with Crippen molar-refractivity contribution in [2.24, 2.45) is 0 Å². The van der Waals surface area contributed by atoms with Gasteiger partial charge >= 0.3 is 0 Å². The van der Waals surface area contributed by atoms with Crippen LogP contribution in [0.5, 0.6) is 0 Å². The Morgan fingerprint density at radius 2 is 2.26 bits per heavy atom. The highest BCUT2D eigenvalue weighted by molar-refractivity contribution is 7.09. The highest BCUT2D eigenvalue weighted by Gasteiger charge is 2.14. The standard InChI is InChI=1S/C14H16N4S/c1-10-7-12(9-15)17-14(16-10)18(3)11(2)8-13-5-4-6-19-13/h4-7,11H,8H2,1-3H3. The second kappa shape index (κ2) is 5.81.